The maximum Gasteiger partial charge on any atom is 0.194 e. The van der Waals surface area contributed by atoms with Crippen molar-refractivity contribution in [2.45, 2.75) is 26.8 Å². The molecule has 1 fully saturated rings. The summed E-state index contributed by atoms with van der Waals surface area (Å²) in [6.07, 6.45) is 4.73. The summed E-state index contributed by atoms with van der Waals surface area (Å²) in [6.45, 7) is 11.0. The number of aliphatic imine (C=N–C) groups is 1. The first-order valence-electron chi connectivity index (χ1n) is 9.55. The molecule has 146 valence electrons. The average molecular weight is 406 g/mol. The van der Waals surface area contributed by atoms with Gasteiger partial charge in [0, 0.05) is 63.1 Å². The van der Waals surface area contributed by atoms with Gasteiger partial charge in [-0.25, -0.2) is 0 Å². The number of aryl methyl sites for hydroxylation is 1. The van der Waals surface area contributed by atoms with Crippen LogP contribution in [0.25, 0.3) is 0 Å². The van der Waals surface area contributed by atoms with Gasteiger partial charge in [-0.3, -0.25) is 14.9 Å². The van der Waals surface area contributed by atoms with Crippen LogP contribution in [0.3, 0.4) is 0 Å². The molecule has 0 unspecified atom stereocenters. The second-order valence-electron chi connectivity index (χ2n) is 6.76. The summed E-state index contributed by atoms with van der Waals surface area (Å²) in [7, 11) is 0. The van der Waals surface area contributed by atoms with Crippen LogP contribution < -0.4 is 5.32 Å². The van der Waals surface area contributed by atoms with E-state index >= 15 is 0 Å². The van der Waals surface area contributed by atoms with E-state index in [1.807, 2.05) is 18.5 Å². The first kappa shape index (κ1) is 20.1. The van der Waals surface area contributed by atoms with Gasteiger partial charge in [-0.15, -0.1) is 11.3 Å². The molecular weight excluding hydrogens is 378 g/mol. The lowest BCUT2D eigenvalue weighted by atomic mass is 10.1. The Kier molecular flexibility index (Phi) is 7.50. The number of nitrogens with zero attached hydrogens (tertiary/aromatic N) is 4. The van der Waals surface area contributed by atoms with Gasteiger partial charge in [0.25, 0.3) is 0 Å². The fourth-order valence-electron chi connectivity index (χ4n) is 3.27. The summed E-state index contributed by atoms with van der Waals surface area (Å²) in [5.74, 6) is 1.03. The van der Waals surface area contributed by atoms with Crippen LogP contribution in [-0.2, 0) is 13.0 Å². The number of piperazine rings is 1. The Morgan fingerprint density at radius 3 is 2.74 bits per heavy atom. The first-order chi connectivity index (χ1) is 13.2. The van der Waals surface area contributed by atoms with E-state index in [1.54, 1.807) is 11.3 Å². The number of hydrogen-bond donors (Lipinski definition) is 1. The fraction of sp³-hybridized carbons (Fsp3) is 0.500. The van der Waals surface area contributed by atoms with Gasteiger partial charge in [0.1, 0.15) is 0 Å². The molecule has 3 heterocycles. The van der Waals surface area contributed by atoms with Crippen LogP contribution in [0, 0.1) is 6.92 Å². The molecule has 1 saturated heterocycles. The minimum atomic E-state index is 0.793. The molecule has 5 nitrogen and oxygen atoms in total. The molecule has 27 heavy (non-hydrogen) atoms. The Labute approximate surface area is 171 Å². The summed E-state index contributed by atoms with van der Waals surface area (Å²) in [5, 5.41) is 3.45. The Morgan fingerprint density at radius 2 is 2.07 bits per heavy atom. The summed E-state index contributed by atoms with van der Waals surface area (Å²) in [4.78, 5) is 15.2. The highest BCUT2D eigenvalue weighted by atomic mass is 35.5. The highest BCUT2D eigenvalue weighted by Gasteiger charge is 2.20. The molecule has 0 amide bonds. The molecule has 3 rings (SSSR count). The van der Waals surface area contributed by atoms with E-state index in [2.05, 4.69) is 46.1 Å². The molecule has 0 saturated carbocycles. The zero-order valence-corrected chi connectivity index (χ0v) is 17.7. The summed E-state index contributed by atoms with van der Waals surface area (Å²) < 4.78 is 0.870. The first-order valence-corrected chi connectivity index (χ1v) is 10.7. The molecule has 1 N–H and O–H groups in total. The predicted octanol–water partition coefficient (Wildman–Crippen LogP) is 3.43. The number of guanidine groups is 1. The standard InChI is InChI=1S/C20H28ClN5S/c1-3-23-20(24-9-7-17-6-8-22-14-16(17)2)26-12-10-25(11-13-26)15-18-4-5-19(21)27-18/h4-6,8,14H,3,7,9-13,15H2,1-2H3,(H,23,24). The predicted molar refractivity (Wildman–Crippen MR) is 115 cm³/mol. The van der Waals surface area contributed by atoms with Crippen molar-refractivity contribution in [2.75, 3.05) is 39.3 Å². The molecule has 2 aromatic heterocycles. The van der Waals surface area contributed by atoms with Crippen LogP contribution in [-0.4, -0.2) is 60.0 Å². The van der Waals surface area contributed by atoms with Crippen LogP contribution >= 0.6 is 22.9 Å². The van der Waals surface area contributed by atoms with Crippen molar-refractivity contribution in [3.63, 3.8) is 0 Å². The second kappa shape index (κ2) is 10.1. The van der Waals surface area contributed by atoms with Crippen LogP contribution in [0.4, 0.5) is 0 Å². The SMILES string of the molecule is CCNC(=NCCc1ccncc1C)N1CCN(Cc2ccc(Cl)s2)CC1. The van der Waals surface area contributed by atoms with Gasteiger partial charge in [0.15, 0.2) is 5.96 Å². The van der Waals surface area contributed by atoms with Gasteiger partial charge in [0.05, 0.1) is 4.34 Å². The third kappa shape index (κ3) is 5.92. The van der Waals surface area contributed by atoms with Crippen molar-refractivity contribution in [3.05, 3.63) is 50.9 Å². The maximum absolute atomic E-state index is 6.04. The summed E-state index contributed by atoms with van der Waals surface area (Å²) in [5.41, 5.74) is 2.56. The number of rotatable bonds is 6. The van der Waals surface area contributed by atoms with Crippen molar-refractivity contribution < 1.29 is 0 Å². The lowest BCUT2D eigenvalue weighted by Crippen LogP contribution is -2.52. The molecule has 0 aliphatic carbocycles. The summed E-state index contributed by atoms with van der Waals surface area (Å²) in [6, 6.07) is 6.21. The van der Waals surface area contributed by atoms with Crippen molar-refractivity contribution >= 4 is 28.9 Å². The minimum Gasteiger partial charge on any atom is -0.357 e. The molecule has 0 bridgehead atoms. The van der Waals surface area contributed by atoms with E-state index in [9.17, 15) is 0 Å². The summed E-state index contributed by atoms with van der Waals surface area (Å²) >= 11 is 7.72. The Morgan fingerprint density at radius 1 is 1.26 bits per heavy atom. The molecule has 1 aliphatic heterocycles. The van der Waals surface area contributed by atoms with Gasteiger partial charge in [0.2, 0.25) is 0 Å². The van der Waals surface area contributed by atoms with Crippen LogP contribution in [0.15, 0.2) is 35.6 Å². The van der Waals surface area contributed by atoms with E-state index in [1.165, 1.54) is 16.0 Å². The third-order valence-electron chi connectivity index (χ3n) is 4.79. The molecule has 0 radical (unpaired) electrons. The molecule has 0 atom stereocenters. The Hall–Kier alpha value is -1.63. The molecular formula is C20H28ClN5S. The minimum absolute atomic E-state index is 0.793. The van der Waals surface area contributed by atoms with E-state index in [4.69, 9.17) is 16.6 Å². The number of nitrogens with one attached hydrogen (secondary N) is 1. The lowest BCUT2D eigenvalue weighted by molar-refractivity contribution is 0.173. The second-order valence-corrected chi connectivity index (χ2v) is 8.56. The highest BCUT2D eigenvalue weighted by Crippen LogP contribution is 2.23. The number of aromatic nitrogens is 1. The zero-order valence-electron chi connectivity index (χ0n) is 16.1. The van der Waals surface area contributed by atoms with E-state index in [0.717, 1.165) is 62.5 Å². The largest absolute Gasteiger partial charge is 0.357 e. The number of thiophene rings is 1. The van der Waals surface area contributed by atoms with Crippen molar-refractivity contribution in [2.24, 2.45) is 4.99 Å². The lowest BCUT2D eigenvalue weighted by Gasteiger charge is -2.36. The fourth-order valence-corrected chi connectivity index (χ4v) is 4.40. The smallest absolute Gasteiger partial charge is 0.194 e. The van der Waals surface area contributed by atoms with Crippen molar-refractivity contribution in [1.82, 2.24) is 20.1 Å². The van der Waals surface area contributed by atoms with Crippen molar-refractivity contribution in [3.8, 4) is 0 Å². The average Bonchev–Trinajstić information content (AvgIpc) is 3.08. The topological polar surface area (TPSA) is 43.8 Å². The molecule has 0 spiro atoms. The van der Waals surface area contributed by atoms with Gasteiger partial charge in [-0.05, 0) is 49.6 Å². The monoisotopic (exact) mass is 405 g/mol. The molecule has 2 aromatic rings. The van der Waals surface area contributed by atoms with E-state index in [0.29, 0.717) is 0 Å². The van der Waals surface area contributed by atoms with Gasteiger partial charge >= 0.3 is 0 Å². The Balaban J connectivity index is 1.52. The zero-order chi connectivity index (χ0) is 19.1. The quantitative estimate of drug-likeness (QED) is 0.590. The van der Waals surface area contributed by atoms with Crippen molar-refractivity contribution in [1.29, 1.82) is 0 Å². The maximum atomic E-state index is 6.04. The molecule has 7 heteroatoms. The van der Waals surface area contributed by atoms with E-state index < -0.39 is 0 Å². The van der Waals surface area contributed by atoms with Gasteiger partial charge in [-0.1, -0.05) is 11.6 Å². The highest BCUT2D eigenvalue weighted by molar-refractivity contribution is 7.16. The van der Waals surface area contributed by atoms with Crippen LogP contribution in [0.1, 0.15) is 22.9 Å². The number of halogens is 1. The van der Waals surface area contributed by atoms with Gasteiger partial charge in [-0.2, -0.15) is 0 Å². The normalized spacial score (nSPS) is 16.0. The van der Waals surface area contributed by atoms with Crippen LogP contribution in [0.5, 0.6) is 0 Å². The third-order valence-corrected chi connectivity index (χ3v) is 6.01. The van der Waals surface area contributed by atoms with Crippen LogP contribution in [0.2, 0.25) is 4.34 Å². The number of pyridine rings is 1. The van der Waals surface area contributed by atoms with E-state index in [-0.39, 0.29) is 0 Å². The number of hydrogen-bond acceptors (Lipinski definition) is 4. The Bertz CT molecular complexity index is 752. The van der Waals surface area contributed by atoms with Gasteiger partial charge < -0.3 is 10.2 Å². The molecule has 1 aliphatic rings. The molecule has 0 aromatic carbocycles.